The first-order chi connectivity index (χ1) is 14.5. The summed E-state index contributed by atoms with van der Waals surface area (Å²) in [7, 11) is 0. The molecule has 2 aliphatic rings. The standard InChI is InChI=1S/C23H19FN2O2S2/c1-15-7-8-19-18(12-15)23(22(28)25(19)14-16-4-2-5-17(24)13-16)26(9-11-30-23)21(27)20-6-3-10-29-20/h2-8,10,12-13H,9,11,14H2,1H3/t23-/m1/s1. The maximum Gasteiger partial charge on any atom is 0.268 e. The van der Waals surface area contributed by atoms with Gasteiger partial charge in [-0.15, -0.1) is 23.1 Å². The van der Waals surface area contributed by atoms with Gasteiger partial charge in [0.1, 0.15) is 5.82 Å². The predicted octanol–water partition coefficient (Wildman–Crippen LogP) is 4.78. The molecule has 1 aromatic heterocycles. The van der Waals surface area contributed by atoms with Gasteiger partial charge in [-0.25, -0.2) is 4.39 Å². The van der Waals surface area contributed by atoms with Crippen molar-refractivity contribution in [1.82, 2.24) is 4.90 Å². The van der Waals surface area contributed by atoms with Gasteiger partial charge in [-0.05, 0) is 42.1 Å². The fraction of sp³-hybridized carbons (Fsp3) is 0.217. The molecule has 3 heterocycles. The Morgan fingerprint density at radius 2 is 2.03 bits per heavy atom. The van der Waals surface area contributed by atoms with E-state index in [-0.39, 0.29) is 24.2 Å². The molecule has 2 aliphatic heterocycles. The number of anilines is 1. The summed E-state index contributed by atoms with van der Waals surface area (Å²) in [5.74, 6) is 0.0928. The smallest absolute Gasteiger partial charge is 0.268 e. The molecule has 1 spiro atoms. The molecule has 0 saturated carbocycles. The van der Waals surface area contributed by atoms with E-state index in [0.29, 0.717) is 22.7 Å². The number of amides is 2. The van der Waals surface area contributed by atoms with Crippen LogP contribution in [-0.4, -0.2) is 29.0 Å². The normalized spacial score (nSPS) is 20.3. The van der Waals surface area contributed by atoms with E-state index >= 15 is 0 Å². The SMILES string of the molecule is Cc1ccc2c(c1)[C@@]1(SCCN1C(=O)c1cccs1)C(=O)N2Cc1cccc(F)c1. The Labute approximate surface area is 182 Å². The van der Waals surface area contributed by atoms with Crippen LogP contribution in [0.5, 0.6) is 0 Å². The maximum atomic E-state index is 13.9. The predicted molar refractivity (Wildman–Crippen MR) is 118 cm³/mol. The number of halogens is 1. The molecular weight excluding hydrogens is 419 g/mol. The van der Waals surface area contributed by atoms with E-state index in [9.17, 15) is 14.0 Å². The lowest BCUT2D eigenvalue weighted by molar-refractivity contribution is -0.123. The Bertz CT molecular complexity index is 1150. The minimum atomic E-state index is -1.07. The molecule has 2 aromatic carbocycles. The molecule has 0 N–H and O–H groups in total. The monoisotopic (exact) mass is 438 g/mol. The summed E-state index contributed by atoms with van der Waals surface area (Å²) in [6.07, 6.45) is 0. The number of thiophene rings is 1. The van der Waals surface area contributed by atoms with Gasteiger partial charge in [0.2, 0.25) is 0 Å². The van der Waals surface area contributed by atoms with Crippen molar-refractivity contribution in [2.75, 3.05) is 17.2 Å². The number of aryl methyl sites for hydroxylation is 1. The lowest BCUT2D eigenvalue weighted by Gasteiger charge is -2.33. The van der Waals surface area contributed by atoms with Gasteiger partial charge in [0.25, 0.3) is 11.8 Å². The minimum Gasteiger partial charge on any atom is -0.310 e. The van der Waals surface area contributed by atoms with Crippen molar-refractivity contribution in [3.63, 3.8) is 0 Å². The van der Waals surface area contributed by atoms with Gasteiger partial charge in [0.15, 0.2) is 4.87 Å². The van der Waals surface area contributed by atoms with Crippen molar-refractivity contribution in [3.8, 4) is 0 Å². The third kappa shape index (κ3) is 2.87. The van der Waals surface area contributed by atoms with Gasteiger partial charge < -0.3 is 9.80 Å². The molecule has 3 aromatic rings. The maximum absolute atomic E-state index is 13.9. The van der Waals surface area contributed by atoms with E-state index in [0.717, 1.165) is 16.8 Å². The summed E-state index contributed by atoms with van der Waals surface area (Å²) in [5.41, 5.74) is 3.38. The highest BCUT2D eigenvalue weighted by atomic mass is 32.2. The summed E-state index contributed by atoms with van der Waals surface area (Å²) < 4.78 is 13.7. The molecule has 30 heavy (non-hydrogen) atoms. The Morgan fingerprint density at radius 3 is 2.80 bits per heavy atom. The summed E-state index contributed by atoms with van der Waals surface area (Å²) in [4.78, 5) is 30.2. The number of hydrogen-bond acceptors (Lipinski definition) is 4. The molecule has 2 amide bonds. The number of benzene rings is 2. The number of hydrogen-bond donors (Lipinski definition) is 0. The van der Waals surface area contributed by atoms with Gasteiger partial charge in [-0.2, -0.15) is 0 Å². The summed E-state index contributed by atoms with van der Waals surface area (Å²) >= 11 is 2.89. The van der Waals surface area contributed by atoms with Crippen LogP contribution in [0.3, 0.4) is 0 Å². The Balaban J connectivity index is 1.61. The van der Waals surface area contributed by atoms with Crippen LogP contribution >= 0.6 is 23.1 Å². The summed E-state index contributed by atoms with van der Waals surface area (Å²) in [6, 6.07) is 15.8. The first kappa shape index (κ1) is 19.3. The summed E-state index contributed by atoms with van der Waals surface area (Å²) in [6.45, 7) is 2.75. The van der Waals surface area contributed by atoms with Crippen molar-refractivity contribution in [3.05, 3.63) is 87.4 Å². The van der Waals surface area contributed by atoms with Crippen LogP contribution in [0.15, 0.2) is 60.0 Å². The number of rotatable bonds is 3. The van der Waals surface area contributed by atoms with Crippen LogP contribution in [0.1, 0.15) is 26.4 Å². The lowest BCUT2D eigenvalue weighted by Crippen LogP contribution is -2.50. The molecule has 0 aliphatic carbocycles. The second-order valence-electron chi connectivity index (χ2n) is 7.47. The molecule has 1 fully saturated rings. The average molecular weight is 439 g/mol. The number of thioether (sulfide) groups is 1. The Kier molecular flexibility index (Phi) is 4.67. The Hall–Kier alpha value is -2.64. The largest absolute Gasteiger partial charge is 0.310 e. The lowest BCUT2D eigenvalue weighted by atomic mass is 10.0. The molecule has 0 radical (unpaired) electrons. The van der Waals surface area contributed by atoms with E-state index in [1.807, 2.05) is 42.6 Å². The zero-order valence-electron chi connectivity index (χ0n) is 16.3. The van der Waals surface area contributed by atoms with Crippen LogP contribution in [0, 0.1) is 12.7 Å². The van der Waals surface area contributed by atoms with Gasteiger partial charge in [0.05, 0.1) is 17.1 Å². The first-order valence-electron chi connectivity index (χ1n) is 9.68. The van der Waals surface area contributed by atoms with Gasteiger partial charge in [0, 0.05) is 17.9 Å². The zero-order chi connectivity index (χ0) is 20.9. The van der Waals surface area contributed by atoms with E-state index in [1.54, 1.807) is 21.9 Å². The van der Waals surface area contributed by atoms with Crippen molar-refractivity contribution in [1.29, 1.82) is 0 Å². The molecule has 7 heteroatoms. The van der Waals surface area contributed by atoms with Crippen molar-refractivity contribution in [2.24, 2.45) is 0 Å². The van der Waals surface area contributed by atoms with Gasteiger partial charge in [-0.1, -0.05) is 35.9 Å². The van der Waals surface area contributed by atoms with E-state index in [4.69, 9.17) is 0 Å². The first-order valence-corrected chi connectivity index (χ1v) is 11.5. The van der Waals surface area contributed by atoms with Crippen LogP contribution in [0.4, 0.5) is 10.1 Å². The second kappa shape index (κ2) is 7.25. The fourth-order valence-electron chi connectivity index (χ4n) is 4.24. The van der Waals surface area contributed by atoms with E-state index in [1.165, 1.54) is 35.2 Å². The summed E-state index contributed by atoms with van der Waals surface area (Å²) in [5, 5.41) is 1.87. The number of fused-ring (bicyclic) bond motifs is 2. The number of carbonyl (C=O) groups is 2. The zero-order valence-corrected chi connectivity index (χ0v) is 17.9. The molecule has 1 atom stereocenters. The van der Waals surface area contributed by atoms with Crippen LogP contribution in [-0.2, 0) is 16.2 Å². The van der Waals surface area contributed by atoms with Crippen molar-refractivity contribution >= 4 is 40.6 Å². The highest BCUT2D eigenvalue weighted by molar-refractivity contribution is 8.01. The molecule has 1 saturated heterocycles. The fourth-order valence-corrected chi connectivity index (χ4v) is 6.36. The molecule has 4 nitrogen and oxygen atoms in total. The topological polar surface area (TPSA) is 40.6 Å². The minimum absolute atomic E-state index is 0.122. The second-order valence-corrected chi connectivity index (χ2v) is 9.70. The van der Waals surface area contributed by atoms with Crippen LogP contribution < -0.4 is 4.90 Å². The van der Waals surface area contributed by atoms with Crippen LogP contribution in [0.2, 0.25) is 0 Å². The van der Waals surface area contributed by atoms with Crippen molar-refractivity contribution < 1.29 is 14.0 Å². The molecule has 0 unspecified atom stereocenters. The van der Waals surface area contributed by atoms with Crippen LogP contribution in [0.25, 0.3) is 0 Å². The molecule has 152 valence electrons. The van der Waals surface area contributed by atoms with Crippen molar-refractivity contribution in [2.45, 2.75) is 18.3 Å². The third-order valence-corrected chi connectivity index (χ3v) is 7.83. The van der Waals surface area contributed by atoms with E-state index in [2.05, 4.69) is 0 Å². The molecular formula is C23H19FN2O2S2. The van der Waals surface area contributed by atoms with E-state index < -0.39 is 4.87 Å². The third-order valence-electron chi connectivity index (χ3n) is 5.56. The molecule has 0 bridgehead atoms. The van der Waals surface area contributed by atoms with Gasteiger partial charge in [-0.3, -0.25) is 9.59 Å². The number of carbonyl (C=O) groups excluding carboxylic acids is 2. The highest BCUT2D eigenvalue weighted by Crippen LogP contribution is 2.55. The quantitative estimate of drug-likeness (QED) is 0.591. The highest BCUT2D eigenvalue weighted by Gasteiger charge is 2.59. The average Bonchev–Trinajstić information content (AvgIpc) is 3.45. The van der Waals surface area contributed by atoms with Gasteiger partial charge >= 0.3 is 0 Å². The molecule has 5 rings (SSSR count). The Morgan fingerprint density at radius 1 is 1.17 bits per heavy atom. The number of nitrogens with zero attached hydrogens (tertiary/aromatic N) is 2.